The van der Waals surface area contributed by atoms with Gasteiger partial charge in [-0.1, -0.05) is 41.4 Å². The third-order valence-corrected chi connectivity index (χ3v) is 6.06. The minimum atomic E-state index is -0.296. The van der Waals surface area contributed by atoms with Gasteiger partial charge in [0.05, 0.1) is 11.8 Å². The third kappa shape index (κ3) is 2.81. The van der Waals surface area contributed by atoms with Crippen molar-refractivity contribution in [3.8, 4) is 17.2 Å². The molecular weight excluding hydrogens is 400 g/mol. The van der Waals surface area contributed by atoms with Gasteiger partial charge in [0.15, 0.2) is 11.5 Å². The van der Waals surface area contributed by atoms with Crippen LogP contribution in [0.3, 0.4) is 0 Å². The Morgan fingerprint density at radius 2 is 1.73 bits per heavy atom. The topological polar surface area (TPSA) is 43.3 Å². The highest BCUT2D eigenvalue weighted by molar-refractivity contribution is 6.30. The molecule has 3 heterocycles. The summed E-state index contributed by atoms with van der Waals surface area (Å²) in [5.41, 5.74) is 5.36. The van der Waals surface area contributed by atoms with Gasteiger partial charge in [-0.25, -0.2) is 5.01 Å². The van der Waals surface area contributed by atoms with Gasteiger partial charge in [0.25, 0.3) is 0 Å². The first kappa shape index (κ1) is 17.7. The molecule has 0 radical (unpaired) electrons. The van der Waals surface area contributed by atoms with Crippen LogP contribution < -0.4 is 14.2 Å². The smallest absolute Gasteiger partial charge is 0.231 e. The maximum absolute atomic E-state index is 6.40. The Kier molecular flexibility index (Phi) is 3.93. The van der Waals surface area contributed by atoms with E-state index in [1.807, 2.05) is 36.4 Å². The van der Waals surface area contributed by atoms with E-state index in [1.165, 1.54) is 5.56 Å². The van der Waals surface area contributed by atoms with Crippen molar-refractivity contribution in [1.82, 2.24) is 5.01 Å². The van der Waals surface area contributed by atoms with Gasteiger partial charge in [-0.05, 0) is 43.3 Å². The number of halogens is 1. The van der Waals surface area contributed by atoms with Crippen molar-refractivity contribution in [2.45, 2.75) is 25.6 Å². The molecule has 0 aliphatic carbocycles. The molecule has 3 aromatic carbocycles. The molecule has 150 valence electrons. The summed E-state index contributed by atoms with van der Waals surface area (Å²) in [7, 11) is 0. The molecule has 0 unspecified atom stereocenters. The van der Waals surface area contributed by atoms with Crippen molar-refractivity contribution < 1.29 is 14.2 Å². The Morgan fingerprint density at radius 3 is 2.60 bits per heavy atom. The normalized spacial score (nSPS) is 21.0. The number of hydrazone groups is 1. The van der Waals surface area contributed by atoms with E-state index in [1.54, 1.807) is 0 Å². The Morgan fingerprint density at radius 1 is 0.933 bits per heavy atom. The number of aryl methyl sites for hydroxylation is 1. The number of hydrogen-bond acceptors (Lipinski definition) is 5. The SMILES string of the molecule is Cc1ccc([C@H]2Oc3ccc(Cl)cc3[C@H]3CC(c4ccc5c(c4)OCO5)=NN32)cc1. The van der Waals surface area contributed by atoms with Crippen LogP contribution in [0.1, 0.15) is 40.9 Å². The summed E-state index contributed by atoms with van der Waals surface area (Å²) in [5, 5.41) is 7.76. The number of hydrogen-bond donors (Lipinski definition) is 0. The number of benzene rings is 3. The quantitative estimate of drug-likeness (QED) is 0.541. The van der Waals surface area contributed by atoms with Gasteiger partial charge in [0, 0.05) is 28.1 Å². The van der Waals surface area contributed by atoms with Crippen LogP contribution in [-0.4, -0.2) is 17.5 Å². The molecule has 6 heteroatoms. The summed E-state index contributed by atoms with van der Waals surface area (Å²) in [6, 6.07) is 20.2. The zero-order valence-corrected chi connectivity index (χ0v) is 17.1. The number of fused-ring (bicyclic) bond motifs is 4. The monoisotopic (exact) mass is 418 g/mol. The molecule has 2 atom stereocenters. The average molecular weight is 419 g/mol. The summed E-state index contributed by atoms with van der Waals surface area (Å²) in [4.78, 5) is 0. The van der Waals surface area contributed by atoms with E-state index in [-0.39, 0.29) is 19.1 Å². The van der Waals surface area contributed by atoms with Crippen LogP contribution in [0.2, 0.25) is 5.02 Å². The molecule has 30 heavy (non-hydrogen) atoms. The first-order chi connectivity index (χ1) is 14.7. The van der Waals surface area contributed by atoms with Crippen molar-refractivity contribution in [3.63, 3.8) is 0 Å². The van der Waals surface area contributed by atoms with E-state index in [4.69, 9.17) is 30.9 Å². The van der Waals surface area contributed by atoms with E-state index in [0.29, 0.717) is 5.02 Å². The summed E-state index contributed by atoms with van der Waals surface area (Å²) >= 11 is 6.31. The van der Waals surface area contributed by atoms with Gasteiger partial charge < -0.3 is 14.2 Å². The second-order valence-corrected chi connectivity index (χ2v) is 8.21. The van der Waals surface area contributed by atoms with Gasteiger partial charge in [-0.2, -0.15) is 5.10 Å². The van der Waals surface area contributed by atoms with Crippen LogP contribution >= 0.6 is 11.6 Å². The van der Waals surface area contributed by atoms with E-state index >= 15 is 0 Å². The van der Waals surface area contributed by atoms with Crippen molar-refractivity contribution >= 4 is 17.3 Å². The van der Waals surface area contributed by atoms with Crippen molar-refractivity contribution in [2.24, 2.45) is 5.10 Å². The fraction of sp³-hybridized carbons (Fsp3) is 0.208. The highest BCUT2D eigenvalue weighted by atomic mass is 35.5. The summed E-state index contributed by atoms with van der Waals surface area (Å²) in [5.74, 6) is 2.39. The molecule has 3 aliphatic rings. The Bertz CT molecular complexity index is 1180. The molecule has 6 rings (SSSR count). The lowest BCUT2D eigenvalue weighted by molar-refractivity contribution is -0.0190. The Labute approximate surface area is 179 Å². The molecule has 5 nitrogen and oxygen atoms in total. The predicted octanol–water partition coefficient (Wildman–Crippen LogP) is 5.62. The molecule has 0 bridgehead atoms. The van der Waals surface area contributed by atoms with E-state index in [2.05, 4.69) is 36.2 Å². The number of rotatable bonds is 2. The van der Waals surface area contributed by atoms with E-state index in [9.17, 15) is 0 Å². The van der Waals surface area contributed by atoms with Crippen LogP contribution in [0.4, 0.5) is 0 Å². The first-order valence-corrected chi connectivity index (χ1v) is 10.3. The van der Waals surface area contributed by atoms with Crippen LogP contribution in [0.15, 0.2) is 65.8 Å². The number of nitrogens with zero attached hydrogens (tertiary/aromatic N) is 2. The van der Waals surface area contributed by atoms with Crippen LogP contribution in [0.25, 0.3) is 0 Å². The highest BCUT2D eigenvalue weighted by Crippen LogP contribution is 2.48. The minimum Gasteiger partial charge on any atom is -0.464 e. The molecule has 0 saturated carbocycles. The standard InChI is InChI=1S/C24H19ClN2O3/c1-14-2-4-15(5-3-14)24-27-20(18-11-17(25)7-9-21(18)30-24)12-19(26-27)16-6-8-22-23(10-16)29-13-28-22/h2-11,20,24H,12-13H2,1H3/t20-,24-/m1/s1. The third-order valence-electron chi connectivity index (χ3n) is 5.82. The van der Waals surface area contributed by atoms with Crippen LogP contribution in [0, 0.1) is 6.92 Å². The van der Waals surface area contributed by atoms with Crippen molar-refractivity contribution in [2.75, 3.05) is 6.79 Å². The number of ether oxygens (including phenoxy) is 3. The lowest BCUT2D eigenvalue weighted by Crippen LogP contribution is -2.33. The lowest BCUT2D eigenvalue weighted by atomic mass is 9.95. The maximum atomic E-state index is 6.40. The second-order valence-electron chi connectivity index (χ2n) is 7.78. The summed E-state index contributed by atoms with van der Waals surface area (Å²) in [6.45, 7) is 2.34. The highest BCUT2D eigenvalue weighted by Gasteiger charge is 2.41. The summed E-state index contributed by atoms with van der Waals surface area (Å²) in [6.07, 6.45) is 0.467. The molecule has 0 saturated heterocycles. The first-order valence-electron chi connectivity index (χ1n) is 9.94. The molecule has 0 fully saturated rings. The minimum absolute atomic E-state index is 0.0548. The molecule has 0 aromatic heterocycles. The zero-order valence-electron chi connectivity index (χ0n) is 16.3. The molecule has 3 aliphatic heterocycles. The van der Waals surface area contributed by atoms with Crippen molar-refractivity contribution in [1.29, 1.82) is 0 Å². The van der Waals surface area contributed by atoms with Gasteiger partial charge >= 0.3 is 0 Å². The van der Waals surface area contributed by atoms with Gasteiger partial charge in [-0.3, -0.25) is 0 Å². The molecule has 3 aromatic rings. The van der Waals surface area contributed by atoms with Gasteiger partial charge in [-0.15, -0.1) is 0 Å². The van der Waals surface area contributed by atoms with E-state index in [0.717, 1.165) is 46.1 Å². The summed E-state index contributed by atoms with van der Waals surface area (Å²) < 4.78 is 17.4. The second kappa shape index (κ2) is 6.67. The fourth-order valence-electron chi connectivity index (χ4n) is 4.26. The zero-order chi connectivity index (χ0) is 20.2. The fourth-order valence-corrected chi connectivity index (χ4v) is 4.44. The van der Waals surface area contributed by atoms with E-state index < -0.39 is 0 Å². The van der Waals surface area contributed by atoms with Gasteiger partial charge in [0.2, 0.25) is 13.0 Å². The van der Waals surface area contributed by atoms with Crippen LogP contribution in [-0.2, 0) is 0 Å². The Hall–Kier alpha value is -3.18. The molecule has 0 amide bonds. The lowest BCUT2D eigenvalue weighted by Gasteiger charge is -2.38. The maximum Gasteiger partial charge on any atom is 0.231 e. The molecular formula is C24H19ClN2O3. The predicted molar refractivity (Wildman–Crippen MR) is 114 cm³/mol. The van der Waals surface area contributed by atoms with Crippen LogP contribution in [0.5, 0.6) is 17.2 Å². The Balaban J connectivity index is 1.43. The largest absolute Gasteiger partial charge is 0.464 e. The average Bonchev–Trinajstić information content (AvgIpc) is 3.41. The molecule has 0 spiro atoms. The van der Waals surface area contributed by atoms with Crippen molar-refractivity contribution in [3.05, 3.63) is 87.9 Å². The molecule has 0 N–H and O–H groups in total. The van der Waals surface area contributed by atoms with Gasteiger partial charge in [0.1, 0.15) is 5.75 Å².